The zero-order valence-corrected chi connectivity index (χ0v) is 43.2. The van der Waals surface area contributed by atoms with Gasteiger partial charge in [-0.15, -0.1) is 0 Å². The van der Waals surface area contributed by atoms with Crippen LogP contribution in [-0.2, 0) is 21.2 Å². The van der Waals surface area contributed by atoms with Crippen molar-refractivity contribution < 1.29 is 32.9 Å². The van der Waals surface area contributed by atoms with E-state index >= 15 is 4.39 Å². The van der Waals surface area contributed by atoms with Crippen LogP contribution in [0.3, 0.4) is 0 Å². The van der Waals surface area contributed by atoms with Crippen LogP contribution in [0, 0.1) is 11.7 Å². The molecule has 10 rings (SSSR count). The Kier molecular flexibility index (Phi) is 13.4. The zero-order chi connectivity index (χ0) is 50.6. The summed E-state index contributed by atoms with van der Waals surface area (Å²) in [6.45, 7) is 10.4. The summed E-state index contributed by atoms with van der Waals surface area (Å²) < 4.78 is 37.8. The number of methoxy groups -OCH3 is 1. The number of nitrogens with one attached hydrogen (secondary N) is 3. The van der Waals surface area contributed by atoms with E-state index in [1.165, 1.54) is 6.07 Å². The van der Waals surface area contributed by atoms with Gasteiger partial charge in [0.25, 0.3) is 11.8 Å². The van der Waals surface area contributed by atoms with Crippen molar-refractivity contribution in [2.45, 2.75) is 51.1 Å². The van der Waals surface area contributed by atoms with Crippen LogP contribution in [0.2, 0.25) is 0 Å². The number of rotatable bonds is 13. The molecule has 0 spiro atoms. The predicted molar refractivity (Wildman–Crippen MR) is 280 cm³/mol. The summed E-state index contributed by atoms with van der Waals surface area (Å²) in [6.07, 6.45) is 8.27. The molecule has 2 atom stereocenters. The Balaban J connectivity index is 0.797. The zero-order valence-electron chi connectivity index (χ0n) is 40.7. The van der Waals surface area contributed by atoms with E-state index in [2.05, 4.69) is 70.8 Å². The summed E-state index contributed by atoms with van der Waals surface area (Å²) >= 11 is 3.63. The largest absolute Gasteiger partial charge is 0.494 e. The molecule has 20 heteroatoms. The second-order valence-corrected chi connectivity index (χ2v) is 23.5. The van der Waals surface area contributed by atoms with Crippen LogP contribution < -0.4 is 35.8 Å². The first-order valence-corrected chi connectivity index (χ1v) is 27.6. The summed E-state index contributed by atoms with van der Waals surface area (Å²) in [5, 5.41) is 16.3. The van der Waals surface area contributed by atoms with E-state index in [-0.39, 0.29) is 35.7 Å². The van der Waals surface area contributed by atoms with Crippen molar-refractivity contribution >= 4 is 97.3 Å². The lowest BCUT2D eigenvalue weighted by molar-refractivity contribution is -0.136. The number of hydrogen-bond donors (Lipinski definition) is 3. The minimum absolute atomic E-state index is 0.0119. The Bertz CT molecular complexity index is 3210. The molecule has 3 N–H and O–H groups in total. The minimum Gasteiger partial charge on any atom is -0.494 e. The average Bonchev–Trinajstić information content (AvgIpc) is 3.89. The highest BCUT2D eigenvalue weighted by Crippen LogP contribution is 2.44. The monoisotopic (exact) mass is 1060 g/mol. The summed E-state index contributed by atoms with van der Waals surface area (Å²) in [6, 6.07) is 17.7. The number of piperazine rings is 1. The molecule has 2 unspecified atom stereocenters. The molecule has 0 bridgehead atoms. The third-order valence-electron chi connectivity index (χ3n) is 14.4. The smallest absolute Gasteiger partial charge is 0.262 e. The maximum Gasteiger partial charge on any atom is 0.262 e. The fourth-order valence-electron chi connectivity index (χ4n) is 10.7. The Hall–Kier alpha value is -6.69. The Labute approximate surface area is 425 Å². The molecule has 72 heavy (non-hydrogen) atoms. The topological polar surface area (TPSA) is 187 Å². The second kappa shape index (κ2) is 19.7. The standard InChI is InChI=1S/C52H56BrFN11O6P/c1-30-28-64(21-20-62(30)17-14-31-15-18-63(19-16-31)44-24-37-36(22-39(44)54)50(68)65(51(37)69)42-12-13-46(66)59-49(42)67)43-25-45(71-3)41(23-35(43)33-26-56-61(2)29-33)58-52-55-27-38(53)48(60-52)57-40-11-10-32-8-6-7-9-34(32)47(40)72(4,5)70/h6-11,22-27,29-31,42H,12-21,28H2,1-5H3,(H,59,66,67)(H2,55,57,58,60). The Morgan fingerprint density at radius 1 is 0.875 bits per heavy atom. The molecule has 6 aromatic rings. The van der Waals surface area contributed by atoms with Gasteiger partial charge in [0.05, 0.1) is 46.0 Å². The first kappa shape index (κ1) is 48.9. The van der Waals surface area contributed by atoms with Gasteiger partial charge in [-0.2, -0.15) is 10.1 Å². The molecule has 3 saturated heterocycles. The lowest BCUT2D eigenvalue weighted by atomic mass is 9.92. The molecule has 0 aliphatic carbocycles. The number of piperidine rings is 2. The van der Waals surface area contributed by atoms with Gasteiger partial charge in [0.15, 0.2) is 0 Å². The van der Waals surface area contributed by atoms with E-state index in [4.69, 9.17) is 9.72 Å². The number of benzene rings is 4. The van der Waals surface area contributed by atoms with Crippen LogP contribution in [-0.4, -0.2) is 125 Å². The molecule has 2 aromatic heterocycles. The van der Waals surface area contributed by atoms with Crippen molar-refractivity contribution in [3.8, 4) is 16.9 Å². The van der Waals surface area contributed by atoms with Gasteiger partial charge < -0.3 is 29.7 Å². The molecule has 0 saturated carbocycles. The maximum absolute atomic E-state index is 15.7. The molecule has 4 amide bonds. The number of halogens is 2. The van der Waals surface area contributed by atoms with E-state index in [1.54, 1.807) is 31.3 Å². The number of fused-ring (bicyclic) bond motifs is 2. The number of aromatic nitrogens is 4. The number of aryl methyl sites for hydroxylation is 1. The summed E-state index contributed by atoms with van der Waals surface area (Å²) in [5.74, 6) is -1.22. The van der Waals surface area contributed by atoms with Crippen molar-refractivity contribution in [3.63, 3.8) is 0 Å². The fraction of sp³-hybridized carbons (Fsp3) is 0.365. The van der Waals surface area contributed by atoms with Gasteiger partial charge in [0, 0.05) is 92.8 Å². The van der Waals surface area contributed by atoms with E-state index in [0.29, 0.717) is 52.4 Å². The molecule has 6 heterocycles. The van der Waals surface area contributed by atoms with Gasteiger partial charge in [0.1, 0.15) is 30.6 Å². The van der Waals surface area contributed by atoms with Crippen molar-refractivity contribution in [2.75, 3.05) is 80.1 Å². The molecule has 17 nitrogen and oxygen atoms in total. The van der Waals surface area contributed by atoms with Crippen LogP contribution in [0.1, 0.15) is 59.7 Å². The van der Waals surface area contributed by atoms with Crippen molar-refractivity contribution in [3.05, 3.63) is 101 Å². The molecule has 374 valence electrons. The second-order valence-electron chi connectivity index (χ2n) is 19.5. The van der Waals surface area contributed by atoms with Crippen LogP contribution in [0.4, 0.5) is 38.9 Å². The number of ether oxygens (including phenoxy) is 1. The van der Waals surface area contributed by atoms with Crippen LogP contribution in [0.5, 0.6) is 5.75 Å². The number of carbonyl (C=O) groups excluding carboxylic acids is 4. The summed E-state index contributed by atoms with van der Waals surface area (Å²) in [5.41, 5.74) is 4.60. The van der Waals surface area contributed by atoms with Crippen molar-refractivity contribution in [1.82, 2.24) is 34.9 Å². The van der Waals surface area contributed by atoms with Crippen LogP contribution >= 0.6 is 23.1 Å². The first-order chi connectivity index (χ1) is 34.5. The molecule has 0 radical (unpaired) electrons. The Morgan fingerprint density at radius 3 is 2.35 bits per heavy atom. The third kappa shape index (κ3) is 9.56. The van der Waals surface area contributed by atoms with Crippen LogP contribution in [0.15, 0.2) is 83.7 Å². The van der Waals surface area contributed by atoms with Crippen molar-refractivity contribution in [1.29, 1.82) is 0 Å². The molecular weight excluding hydrogens is 1000 g/mol. The van der Waals surface area contributed by atoms with Crippen LogP contribution in [0.25, 0.3) is 21.9 Å². The van der Waals surface area contributed by atoms with Gasteiger partial charge in [-0.05, 0) is 109 Å². The normalized spacial score (nSPS) is 19.0. The van der Waals surface area contributed by atoms with Gasteiger partial charge >= 0.3 is 0 Å². The minimum atomic E-state index is -2.73. The maximum atomic E-state index is 15.7. The van der Waals surface area contributed by atoms with Gasteiger partial charge in [0.2, 0.25) is 17.8 Å². The number of hydrogen-bond acceptors (Lipinski definition) is 14. The van der Waals surface area contributed by atoms with Gasteiger partial charge in [-0.3, -0.25) is 39.0 Å². The van der Waals surface area contributed by atoms with Gasteiger partial charge in [-0.1, -0.05) is 30.3 Å². The quantitative estimate of drug-likeness (QED) is 0.0749. The van der Waals surface area contributed by atoms with Crippen molar-refractivity contribution in [2.24, 2.45) is 13.0 Å². The first-order valence-electron chi connectivity index (χ1n) is 24.2. The van der Waals surface area contributed by atoms with E-state index in [0.717, 1.165) is 89.3 Å². The Morgan fingerprint density at radius 2 is 1.64 bits per heavy atom. The molecule has 3 fully saturated rings. The lowest BCUT2D eigenvalue weighted by Gasteiger charge is -2.42. The summed E-state index contributed by atoms with van der Waals surface area (Å²) in [4.78, 5) is 68.2. The predicted octanol–water partition coefficient (Wildman–Crippen LogP) is 7.89. The SMILES string of the molecule is COc1cc(N2CCN(CCC3CCN(c4cc5c(cc4F)C(=O)N(C4CCC(=O)NC4=O)C5=O)CC3)C(C)C2)c(-c2cnn(C)c2)cc1Nc1ncc(Br)c(Nc2ccc3ccccc3c2P(C)(C)=O)n1. The average molecular weight is 1060 g/mol. The molecule has 4 aromatic carbocycles. The molecule has 4 aliphatic heterocycles. The number of nitrogens with zero attached hydrogens (tertiary/aromatic N) is 8. The summed E-state index contributed by atoms with van der Waals surface area (Å²) in [7, 11) is 0.818. The molecule has 4 aliphatic rings. The number of imide groups is 2. The fourth-order valence-corrected chi connectivity index (χ4v) is 12.5. The highest BCUT2D eigenvalue weighted by atomic mass is 79.9. The highest BCUT2D eigenvalue weighted by molar-refractivity contribution is 9.10. The van der Waals surface area contributed by atoms with E-state index < -0.39 is 42.6 Å². The number of carbonyl (C=O) groups is 4. The number of anilines is 6. The van der Waals surface area contributed by atoms with Gasteiger partial charge in [-0.25, -0.2) is 9.37 Å². The lowest BCUT2D eigenvalue weighted by Crippen LogP contribution is -2.54. The van der Waals surface area contributed by atoms with E-state index in [1.807, 2.05) is 60.7 Å². The molecular formula is C52H56BrFN11O6P. The third-order valence-corrected chi connectivity index (χ3v) is 16.5. The van der Waals surface area contributed by atoms with E-state index in [9.17, 15) is 23.7 Å². The number of amides is 4. The highest BCUT2D eigenvalue weighted by Gasteiger charge is 2.45.